The molecule has 2 heterocycles. The molecule has 0 bridgehead atoms. The second kappa shape index (κ2) is 6.23. The number of aromatic nitrogens is 3. The van der Waals surface area contributed by atoms with Crippen LogP contribution in [0.15, 0.2) is 18.2 Å². The standard InChI is InChI=1S/C17H21ClN4O/c1-23-14-5-2-11(3-6-14)17-21-20-16-10-19-9-12-8-13(18)4-7-15(12)22(16)17/h4,7-8,11,14,19H,2-3,5-6,9-10H2,1H3. The van der Waals surface area contributed by atoms with Crippen LogP contribution < -0.4 is 5.32 Å². The van der Waals surface area contributed by atoms with Gasteiger partial charge in [-0.3, -0.25) is 4.57 Å². The summed E-state index contributed by atoms with van der Waals surface area (Å²) in [6.45, 7) is 1.53. The summed E-state index contributed by atoms with van der Waals surface area (Å²) in [6.07, 6.45) is 4.79. The first-order valence-electron chi connectivity index (χ1n) is 8.22. The monoisotopic (exact) mass is 332 g/mol. The van der Waals surface area contributed by atoms with Gasteiger partial charge in [-0.05, 0) is 49.4 Å². The Morgan fingerprint density at radius 1 is 1.17 bits per heavy atom. The third kappa shape index (κ3) is 2.77. The maximum Gasteiger partial charge on any atom is 0.151 e. The molecule has 0 spiro atoms. The fourth-order valence-electron chi connectivity index (χ4n) is 3.75. The van der Waals surface area contributed by atoms with Gasteiger partial charge in [0.15, 0.2) is 5.82 Å². The summed E-state index contributed by atoms with van der Waals surface area (Å²) in [6, 6.07) is 6.06. The van der Waals surface area contributed by atoms with Crippen molar-refractivity contribution < 1.29 is 4.74 Å². The van der Waals surface area contributed by atoms with Crippen LogP contribution >= 0.6 is 11.6 Å². The smallest absolute Gasteiger partial charge is 0.151 e. The highest BCUT2D eigenvalue weighted by Crippen LogP contribution is 2.35. The third-order valence-corrected chi connectivity index (χ3v) is 5.24. The van der Waals surface area contributed by atoms with E-state index in [1.807, 2.05) is 12.1 Å². The molecule has 2 aromatic rings. The molecule has 2 aliphatic rings. The summed E-state index contributed by atoms with van der Waals surface area (Å²) in [5.74, 6) is 2.51. The Morgan fingerprint density at radius 3 is 2.78 bits per heavy atom. The summed E-state index contributed by atoms with van der Waals surface area (Å²) >= 11 is 6.17. The number of nitrogens with zero attached hydrogens (tertiary/aromatic N) is 3. The Morgan fingerprint density at radius 2 is 2.00 bits per heavy atom. The summed E-state index contributed by atoms with van der Waals surface area (Å²) in [7, 11) is 1.81. The number of nitrogens with one attached hydrogen (secondary N) is 1. The van der Waals surface area contributed by atoms with Gasteiger partial charge >= 0.3 is 0 Å². The van der Waals surface area contributed by atoms with Crippen LogP contribution in [0.3, 0.4) is 0 Å². The van der Waals surface area contributed by atoms with Gasteiger partial charge < -0.3 is 10.1 Å². The third-order valence-electron chi connectivity index (χ3n) is 5.01. The Kier molecular flexibility index (Phi) is 4.09. The number of hydrogen-bond acceptors (Lipinski definition) is 4. The largest absolute Gasteiger partial charge is 0.381 e. The van der Waals surface area contributed by atoms with Crippen molar-refractivity contribution in [2.24, 2.45) is 0 Å². The van der Waals surface area contributed by atoms with Crippen molar-refractivity contribution in [2.75, 3.05) is 7.11 Å². The second-order valence-corrected chi connectivity index (χ2v) is 6.83. The minimum Gasteiger partial charge on any atom is -0.381 e. The molecule has 23 heavy (non-hydrogen) atoms. The van der Waals surface area contributed by atoms with E-state index < -0.39 is 0 Å². The van der Waals surface area contributed by atoms with Gasteiger partial charge in [-0.2, -0.15) is 0 Å². The Labute approximate surface area is 141 Å². The van der Waals surface area contributed by atoms with Crippen LogP contribution in [0.25, 0.3) is 5.69 Å². The predicted octanol–water partition coefficient (Wildman–Crippen LogP) is 3.20. The lowest BCUT2D eigenvalue weighted by atomic mass is 9.86. The zero-order chi connectivity index (χ0) is 15.8. The van der Waals surface area contributed by atoms with Gasteiger partial charge in [-0.25, -0.2) is 0 Å². The van der Waals surface area contributed by atoms with Crippen LogP contribution in [-0.2, 0) is 17.8 Å². The van der Waals surface area contributed by atoms with Gasteiger partial charge in [-0.1, -0.05) is 11.6 Å². The van der Waals surface area contributed by atoms with Crippen LogP contribution in [0.2, 0.25) is 5.02 Å². The van der Waals surface area contributed by atoms with E-state index in [1.165, 1.54) is 5.56 Å². The van der Waals surface area contributed by atoms with Crippen LogP contribution in [0, 0.1) is 0 Å². The molecule has 0 radical (unpaired) electrons. The highest BCUT2D eigenvalue weighted by atomic mass is 35.5. The number of ether oxygens (including phenoxy) is 1. The fraction of sp³-hybridized carbons (Fsp3) is 0.529. The number of rotatable bonds is 2. The van der Waals surface area contributed by atoms with Crippen molar-refractivity contribution in [3.63, 3.8) is 0 Å². The molecule has 0 amide bonds. The molecule has 0 atom stereocenters. The van der Waals surface area contributed by atoms with Gasteiger partial charge in [0.25, 0.3) is 0 Å². The molecule has 0 saturated heterocycles. The lowest BCUT2D eigenvalue weighted by molar-refractivity contribution is 0.0649. The van der Waals surface area contributed by atoms with Crippen LogP contribution in [0.4, 0.5) is 0 Å². The Bertz CT molecular complexity index is 707. The van der Waals surface area contributed by atoms with Crippen molar-refractivity contribution in [3.05, 3.63) is 40.4 Å². The molecule has 4 rings (SSSR count). The van der Waals surface area contributed by atoms with E-state index in [1.54, 1.807) is 7.11 Å². The Balaban J connectivity index is 1.73. The molecule has 1 N–H and O–H groups in total. The van der Waals surface area contributed by atoms with E-state index in [0.717, 1.165) is 61.1 Å². The molecule has 1 aromatic carbocycles. The first kappa shape index (κ1) is 15.1. The van der Waals surface area contributed by atoms with Gasteiger partial charge in [0, 0.05) is 24.6 Å². The highest BCUT2D eigenvalue weighted by Gasteiger charge is 2.29. The average Bonchev–Trinajstić information content (AvgIpc) is 2.91. The topological polar surface area (TPSA) is 52.0 Å². The lowest BCUT2D eigenvalue weighted by Gasteiger charge is -2.27. The number of hydrogen-bond donors (Lipinski definition) is 1. The maximum atomic E-state index is 6.17. The molecule has 122 valence electrons. The van der Waals surface area contributed by atoms with Crippen molar-refractivity contribution in [1.29, 1.82) is 0 Å². The van der Waals surface area contributed by atoms with E-state index in [9.17, 15) is 0 Å². The van der Waals surface area contributed by atoms with Crippen LogP contribution in [0.1, 0.15) is 48.8 Å². The minimum atomic E-state index is 0.394. The van der Waals surface area contributed by atoms with E-state index in [2.05, 4.69) is 26.1 Å². The molecule has 1 aliphatic carbocycles. The first-order chi connectivity index (χ1) is 11.3. The Hall–Kier alpha value is -1.43. The average molecular weight is 333 g/mol. The molecule has 5 nitrogen and oxygen atoms in total. The van der Waals surface area contributed by atoms with Crippen molar-refractivity contribution >= 4 is 11.6 Å². The maximum absolute atomic E-state index is 6.17. The van der Waals surface area contributed by atoms with E-state index >= 15 is 0 Å². The number of halogens is 1. The zero-order valence-corrected chi connectivity index (χ0v) is 14.0. The quantitative estimate of drug-likeness (QED) is 0.917. The van der Waals surface area contributed by atoms with Gasteiger partial charge in [-0.15, -0.1) is 10.2 Å². The molecule has 1 saturated carbocycles. The summed E-state index contributed by atoms with van der Waals surface area (Å²) in [5, 5.41) is 13.2. The molecule has 1 aromatic heterocycles. The summed E-state index contributed by atoms with van der Waals surface area (Å²) in [4.78, 5) is 0. The summed E-state index contributed by atoms with van der Waals surface area (Å²) in [5.41, 5.74) is 2.35. The van der Waals surface area contributed by atoms with Gasteiger partial charge in [0.1, 0.15) is 5.82 Å². The number of methoxy groups -OCH3 is 1. The molecule has 0 unspecified atom stereocenters. The molecular weight excluding hydrogens is 312 g/mol. The van der Waals surface area contributed by atoms with E-state index in [0.29, 0.717) is 12.0 Å². The van der Waals surface area contributed by atoms with Crippen LogP contribution in [-0.4, -0.2) is 28.0 Å². The van der Waals surface area contributed by atoms with Crippen molar-refractivity contribution in [2.45, 2.75) is 50.8 Å². The number of fused-ring (bicyclic) bond motifs is 3. The van der Waals surface area contributed by atoms with Crippen molar-refractivity contribution in [1.82, 2.24) is 20.1 Å². The predicted molar refractivity (Wildman–Crippen MR) is 88.9 cm³/mol. The fourth-order valence-corrected chi connectivity index (χ4v) is 3.95. The summed E-state index contributed by atoms with van der Waals surface area (Å²) < 4.78 is 7.73. The highest BCUT2D eigenvalue weighted by molar-refractivity contribution is 6.30. The van der Waals surface area contributed by atoms with E-state index in [-0.39, 0.29) is 0 Å². The van der Waals surface area contributed by atoms with E-state index in [4.69, 9.17) is 16.3 Å². The molecule has 1 fully saturated rings. The van der Waals surface area contributed by atoms with Gasteiger partial charge in [0.05, 0.1) is 18.3 Å². The minimum absolute atomic E-state index is 0.394. The van der Waals surface area contributed by atoms with Crippen LogP contribution in [0.5, 0.6) is 0 Å². The van der Waals surface area contributed by atoms with Crippen molar-refractivity contribution in [3.8, 4) is 5.69 Å². The molecular formula is C17H21ClN4O. The zero-order valence-electron chi connectivity index (χ0n) is 13.3. The van der Waals surface area contributed by atoms with Gasteiger partial charge in [0.2, 0.25) is 0 Å². The lowest BCUT2D eigenvalue weighted by Crippen LogP contribution is -2.21. The first-order valence-corrected chi connectivity index (χ1v) is 8.60. The SMILES string of the molecule is COC1CCC(c2nnc3n2-c2ccc(Cl)cc2CNC3)CC1. The number of benzene rings is 1. The normalized spacial score (nSPS) is 23.9. The molecule has 6 heteroatoms. The second-order valence-electron chi connectivity index (χ2n) is 6.40. The molecule has 1 aliphatic heterocycles.